The molecule has 0 bridgehead atoms. The second-order valence-electron chi connectivity index (χ2n) is 3.02. The minimum atomic E-state index is -4.35. The van der Waals surface area contributed by atoms with Gasteiger partial charge in [0.15, 0.2) is 0 Å². The number of nitrogens with one attached hydrogen (secondary N) is 2. The Kier molecular flexibility index (Phi) is 7.03. The van der Waals surface area contributed by atoms with Crippen molar-refractivity contribution < 1.29 is 32.6 Å². The van der Waals surface area contributed by atoms with Crippen LogP contribution in [0.4, 0.5) is 18.0 Å². The van der Waals surface area contributed by atoms with Crippen LogP contribution in [0.3, 0.4) is 0 Å². The van der Waals surface area contributed by atoms with E-state index in [4.69, 9.17) is 5.11 Å². The van der Waals surface area contributed by atoms with Crippen LogP contribution in [0.5, 0.6) is 0 Å². The van der Waals surface area contributed by atoms with E-state index in [1.165, 1.54) is 0 Å². The van der Waals surface area contributed by atoms with E-state index in [0.29, 0.717) is 0 Å². The van der Waals surface area contributed by atoms with Crippen molar-refractivity contribution in [1.29, 1.82) is 0 Å². The molecule has 0 radical (unpaired) electrons. The molecule has 3 N–H and O–H groups in total. The molecule has 0 heterocycles. The monoisotopic (exact) mass is 258 g/mol. The highest BCUT2D eigenvalue weighted by Crippen LogP contribution is 2.14. The number of carboxylic acid groups (broad SMARTS) is 1. The lowest BCUT2D eigenvalue weighted by Crippen LogP contribution is -2.39. The SMILES string of the molecule is O=C(O)CNC(=O)NCCCOCC(F)(F)F. The van der Waals surface area contributed by atoms with Gasteiger partial charge in [0.25, 0.3) is 0 Å². The molecule has 9 heteroatoms. The average molecular weight is 258 g/mol. The maximum atomic E-state index is 11.6. The van der Waals surface area contributed by atoms with Crippen LogP contribution >= 0.6 is 0 Å². The number of rotatable bonds is 7. The van der Waals surface area contributed by atoms with E-state index in [1.807, 2.05) is 5.32 Å². The number of aliphatic carboxylic acids is 1. The zero-order valence-electron chi connectivity index (χ0n) is 8.84. The fraction of sp³-hybridized carbons (Fsp3) is 0.750. The summed E-state index contributed by atoms with van der Waals surface area (Å²) in [7, 11) is 0. The Morgan fingerprint density at radius 1 is 1.24 bits per heavy atom. The molecule has 0 fully saturated rings. The third kappa shape index (κ3) is 12.4. The molecule has 0 rings (SSSR count). The smallest absolute Gasteiger partial charge is 0.411 e. The van der Waals surface area contributed by atoms with E-state index in [1.54, 1.807) is 0 Å². The van der Waals surface area contributed by atoms with Crippen LogP contribution < -0.4 is 10.6 Å². The summed E-state index contributed by atoms with van der Waals surface area (Å²) in [5, 5.41) is 12.5. The highest BCUT2D eigenvalue weighted by molar-refractivity contribution is 5.79. The molecule has 0 saturated heterocycles. The van der Waals surface area contributed by atoms with Crippen molar-refractivity contribution in [2.75, 3.05) is 26.3 Å². The second kappa shape index (κ2) is 7.71. The predicted molar refractivity (Wildman–Crippen MR) is 50.5 cm³/mol. The standard InChI is InChI=1S/C8H13F3N2O4/c9-8(10,11)5-17-3-1-2-12-7(16)13-4-6(14)15/h1-5H2,(H,14,15)(H2,12,13,16). The van der Waals surface area contributed by atoms with Crippen LogP contribution in [-0.2, 0) is 9.53 Å². The molecule has 0 aliphatic heterocycles. The van der Waals surface area contributed by atoms with Gasteiger partial charge in [0.2, 0.25) is 0 Å². The summed E-state index contributed by atoms with van der Waals surface area (Å²) in [6, 6.07) is -0.691. The minimum Gasteiger partial charge on any atom is -0.480 e. The molecule has 0 atom stereocenters. The van der Waals surface area contributed by atoms with Crippen LogP contribution in [0.2, 0.25) is 0 Å². The van der Waals surface area contributed by atoms with Gasteiger partial charge in [0, 0.05) is 13.2 Å². The van der Waals surface area contributed by atoms with E-state index < -0.39 is 31.3 Å². The maximum absolute atomic E-state index is 11.6. The highest BCUT2D eigenvalue weighted by Gasteiger charge is 2.27. The number of hydrogen-bond acceptors (Lipinski definition) is 3. The van der Waals surface area contributed by atoms with Gasteiger partial charge in [-0.2, -0.15) is 13.2 Å². The summed E-state index contributed by atoms with van der Waals surface area (Å²) in [6.45, 7) is -1.88. The number of carbonyl (C=O) groups excluding carboxylic acids is 1. The first-order valence-corrected chi connectivity index (χ1v) is 4.69. The third-order valence-electron chi connectivity index (χ3n) is 1.42. The van der Waals surface area contributed by atoms with E-state index in [0.717, 1.165) is 0 Å². The molecule has 0 aliphatic rings. The molecule has 0 aliphatic carbocycles. The van der Waals surface area contributed by atoms with Crippen molar-refractivity contribution in [2.45, 2.75) is 12.6 Å². The quantitative estimate of drug-likeness (QED) is 0.574. The number of halogens is 3. The van der Waals surface area contributed by atoms with Gasteiger partial charge in [-0.05, 0) is 6.42 Å². The fourth-order valence-electron chi connectivity index (χ4n) is 0.782. The van der Waals surface area contributed by atoms with Crippen molar-refractivity contribution >= 4 is 12.0 Å². The number of ether oxygens (including phenoxy) is 1. The minimum absolute atomic E-state index is 0.101. The first kappa shape index (κ1) is 15.5. The van der Waals surface area contributed by atoms with E-state index in [-0.39, 0.29) is 19.6 Å². The lowest BCUT2D eigenvalue weighted by molar-refractivity contribution is -0.173. The number of urea groups is 1. The molecule has 0 aromatic rings. The molecular weight excluding hydrogens is 245 g/mol. The van der Waals surface area contributed by atoms with Gasteiger partial charge in [0.05, 0.1) is 0 Å². The Morgan fingerprint density at radius 3 is 2.41 bits per heavy atom. The van der Waals surface area contributed by atoms with Crippen LogP contribution in [-0.4, -0.2) is 49.6 Å². The van der Waals surface area contributed by atoms with Gasteiger partial charge >= 0.3 is 18.2 Å². The van der Waals surface area contributed by atoms with Crippen molar-refractivity contribution in [2.24, 2.45) is 0 Å². The largest absolute Gasteiger partial charge is 0.480 e. The van der Waals surface area contributed by atoms with Gasteiger partial charge < -0.3 is 20.5 Å². The van der Waals surface area contributed by atoms with Crippen LogP contribution in [0.25, 0.3) is 0 Å². The molecule has 0 saturated carbocycles. The summed E-state index contributed by atoms with van der Waals surface area (Å²) in [5.41, 5.74) is 0. The lowest BCUT2D eigenvalue weighted by Gasteiger charge is -2.08. The molecule has 0 aromatic heterocycles. The van der Waals surface area contributed by atoms with Crippen molar-refractivity contribution in [3.63, 3.8) is 0 Å². The Labute approximate surface area is 95.1 Å². The molecule has 2 amide bonds. The Balaban J connectivity index is 3.34. The number of amides is 2. The van der Waals surface area contributed by atoms with E-state index in [9.17, 15) is 22.8 Å². The molecule has 0 spiro atoms. The highest BCUT2D eigenvalue weighted by atomic mass is 19.4. The van der Waals surface area contributed by atoms with Gasteiger partial charge in [0.1, 0.15) is 13.2 Å². The predicted octanol–water partition coefficient (Wildman–Crippen LogP) is 0.339. The zero-order chi connectivity index (χ0) is 13.3. The van der Waals surface area contributed by atoms with Crippen LogP contribution in [0, 0.1) is 0 Å². The Morgan fingerprint density at radius 2 is 1.88 bits per heavy atom. The zero-order valence-corrected chi connectivity index (χ0v) is 8.84. The third-order valence-corrected chi connectivity index (χ3v) is 1.42. The fourth-order valence-corrected chi connectivity index (χ4v) is 0.782. The lowest BCUT2D eigenvalue weighted by atomic mass is 10.4. The van der Waals surface area contributed by atoms with Crippen LogP contribution in [0.1, 0.15) is 6.42 Å². The van der Waals surface area contributed by atoms with Gasteiger partial charge in [-0.25, -0.2) is 4.79 Å². The summed E-state index contributed by atoms with van der Waals surface area (Å²) in [5.74, 6) is -1.19. The average Bonchev–Trinajstić information content (AvgIpc) is 2.18. The van der Waals surface area contributed by atoms with Gasteiger partial charge in [-0.3, -0.25) is 4.79 Å². The van der Waals surface area contributed by atoms with E-state index in [2.05, 4.69) is 10.1 Å². The molecule has 6 nitrogen and oxygen atoms in total. The number of alkyl halides is 3. The first-order valence-electron chi connectivity index (χ1n) is 4.69. The van der Waals surface area contributed by atoms with Crippen molar-refractivity contribution in [3.05, 3.63) is 0 Å². The maximum Gasteiger partial charge on any atom is 0.411 e. The molecule has 100 valence electrons. The topological polar surface area (TPSA) is 87.7 Å². The summed E-state index contributed by atoms with van der Waals surface area (Å²) in [4.78, 5) is 20.9. The second-order valence-corrected chi connectivity index (χ2v) is 3.02. The number of carboxylic acids is 1. The summed E-state index contributed by atoms with van der Waals surface area (Å²) in [6.07, 6.45) is -4.15. The number of carbonyl (C=O) groups is 2. The van der Waals surface area contributed by atoms with Gasteiger partial charge in [-0.1, -0.05) is 0 Å². The van der Waals surface area contributed by atoms with Crippen LogP contribution in [0.15, 0.2) is 0 Å². The van der Waals surface area contributed by atoms with Crippen molar-refractivity contribution in [1.82, 2.24) is 10.6 Å². The normalized spacial score (nSPS) is 11.0. The van der Waals surface area contributed by atoms with Gasteiger partial charge in [-0.15, -0.1) is 0 Å². The Hall–Kier alpha value is -1.51. The van der Waals surface area contributed by atoms with E-state index >= 15 is 0 Å². The molecular formula is C8H13F3N2O4. The first-order chi connectivity index (χ1) is 7.81. The molecule has 0 aromatic carbocycles. The Bertz CT molecular complexity index is 258. The summed E-state index contributed by atoms with van der Waals surface area (Å²) < 4.78 is 39.1. The molecule has 0 unspecified atom stereocenters. The van der Waals surface area contributed by atoms with Crippen molar-refractivity contribution in [3.8, 4) is 0 Å². The summed E-state index contributed by atoms with van der Waals surface area (Å²) >= 11 is 0. The molecule has 17 heavy (non-hydrogen) atoms. The number of hydrogen-bond donors (Lipinski definition) is 3.